The number of aliphatic imine (C=N–C) groups is 1. The van der Waals surface area contributed by atoms with Crippen LogP contribution in [-0.4, -0.2) is 37.1 Å². The molecule has 0 atom stereocenters. The summed E-state index contributed by atoms with van der Waals surface area (Å²) in [7, 11) is 1.71. The van der Waals surface area contributed by atoms with Gasteiger partial charge in [0.05, 0.1) is 41.3 Å². The summed E-state index contributed by atoms with van der Waals surface area (Å²) in [4.78, 5) is 8.69. The minimum absolute atomic E-state index is 0.434. The van der Waals surface area contributed by atoms with Crippen LogP contribution in [0.15, 0.2) is 72.9 Å². The maximum absolute atomic E-state index is 9.47. The van der Waals surface area contributed by atoms with E-state index in [1.807, 2.05) is 36.7 Å². The number of nitrogens with one attached hydrogen (secondary N) is 1. The van der Waals surface area contributed by atoms with Gasteiger partial charge in [-0.15, -0.1) is 0 Å². The molecule has 0 aliphatic rings. The van der Waals surface area contributed by atoms with E-state index in [2.05, 4.69) is 40.0 Å². The van der Waals surface area contributed by atoms with E-state index in [0.29, 0.717) is 29.1 Å². The van der Waals surface area contributed by atoms with Gasteiger partial charge in [0, 0.05) is 36.9 Å². The standard InChI is InChI=1S/C25H25N9/c1-4-19-7-6-18(13-27)12-21(19)24-23(16-33(32-24)15-20(28-3)8-9-26)31-17(2)22-14-30-34-11-5-10-29-25(22)34/h5-12,14,16,31H,2,4,15,26H2,1,3H3. The molecule has 4 aromatic rings. The van der Waals surface area contributed by atoms with E-state index < -0.39 is 0 Å². The molecule has 0 radical (unpaired) electrons. The quantitative estimate of drug-likeness (QED) is 0.394. The first-order valence-electron chi connectivity index (χ1n) is 10.8. The number of hydrogen-bond acceptors (Lipinski definition) is 7. The maximum Gasteiger partial charge on any atom is 0.164 e. The second-order valence-electron chi connectivity index (χ2n) is 7.55. The molecular formula is C25H25N9. The Labute approximate surface area is 197 Å². The molecule has 170 valence electrons. The molecule has 0 saturated heterocycles. The van der Waals surface area contributed by atoms with Gasteiger partial charge in [0.2, 0.25) is 0 Å². The molecule has 0 aliphatic carbocycles. The lowest BCUT2D eigenvalue weighted by molar-refractivity contribution is 0.727. The van der Waals surface area contributed by atoms with Gasteiger partial charge >= 0.3 is 0 Å². The average molecular weight is 452 g/mol. The molecule has 0 fully saturated rings. The topological polar surface area (TPSA) is 122 Å². The highest BCUT2D eigenvalue weighted by molar-refractivity contribution is 5.95. The van der Waals surface area contributed by atoms with Crippen LogP contribution in [0.2, 0.25) is 0 Å². The van der Waals surface area contributed by atoms with Crippen LogP contribution in [0.4, 0.5) is 5.69 Å². The monoisotopic (exact) mass is 451 g/mol. The van der Waals surface area contributed by atoms with Crippen molar-refractivity contribution in [2.24, 2.45) is 10.7 Å². The van der Waals surface area contributed by atoms with Crippen molar-refractivity contribution >= 4 is 22.7 Å². The predicted octanol–water partition coefficient (Wildman–Crippen LogP) is 3.65. The predicted molar refractivity (Wildman–Crippen MR) is 134 cm³/mol. The van der Waals surface area contributed by atoms with Gasteiger partial charge in [0.1, 0.15) is 5.69 Å². The lowest BCUT2D eigenvalue weighted by atomic mass is 9.99. The molecule has 9 heteroatoms. The Morgan fingerprint density at radius 2 is 2.24 bits per heavy atom. The fourth-order valence-electron chi connectivity index (χ4n) is 3.71. The Hall–Kier alpha value is -4.71. The van der Waals surface area contributed by atoms with Gasteiger partial charge in [-0.05, 0) is 42.5 Å². The lowest BCUT2D eigenvalue weighted by Gasteiger charge is -2.11. The third-order valence-corrected chi connectivity index (χ3v) is 5.43. The molecule has 0 aliphatic heterocycles. The molecule has 3 aromatic heterocycles. The molecule has 3 N–H and O–H groups in total. The fourth-order valence-corrected chi connectivity index (χ4v) is 3.71. The van der Waals surface area contributed by atoms with Crippen LogP contribution >= 0.6 is 0 Å². The minimum Gasteiger partial charge on any atom is -0.405 e. The van der Waals surface area contributed by atoms with Crippen molar-refractivity contribution in [2.45, 2.75) is 19.9 Å². The van der Waals surface area contributed by atoms with Crippen molar-refractivity contribution in [1.82, 2.24) is 24.4 Å². The van der Waals surface area contributed by atoms with Crippen molar-refractivity contribution in [1.29, 1.82) is 5.26 Å². The summed E-state index contributed by atoms with van der Waals surface area (Å²) >= 11 is 0. The molecule has 0 unspecified atom stereocenters. The van der Waals surface area contributed by atoms with Crippen molar-refractivity contribution in [3.8, 4) is 17.3 Å². The van der Waals surface area contributed by atoms with Crippen LogP contribution < -0.4 is 11.1 Å². The molecule has 34 heavy (non-hydrogen) atoms. The number of anilines is 1. The Balaban J connectivity index is 1.79. The van der Waals surface area contributed by atoms with Crippen molar-refractivity contribution in [2.75, 3.05) is 12.4 Å². The molecule has 1 aromatic carbocycles. The van der Waals surface area contributed by atoms with Gasteiger partial charge in [-0.3, -0.25) is 9.67 Å². The molecular weight excluding hydrogens is 426 g/mol. The highest BCUT2D eigenvalue weighted by Gasteiger charge is 2.18. The second kappa shape index (κ2) is 9.83. The van der Waals surface area contributed by atoms with Gasteiger partial charge in [0.25, 0.3) is 0 Å². The van der Waals surface area contributed by atoms with Gasteiger partial charge in [-0.25, -0.2) is 9.50 Å². The zero-order valence-corrected chi connectivity index (χ0v) is 19.1. The van der Waals surface area contributed by atoms with Crippen LogP contribution in [0.5, 0.6) is 0 Å². The first-order valence-corrected chi connectivity index (χ1v) is 10.8. The van der Waals surface area contributed by atoms with Gasteiger partial charge in [-0.2, -0.15) is 15.5 Å². The fraction of sp³-hybridized carbons (Fsp3) is 0.160. The van der Waals surface area contributed by atoms with E-state index in [-0.39, 0.29) is 0 Å². The van der Waals surface area contributed by atoms with Crippen LogP contribution in [-0.2, 0) is 13.0 Å². The zero-order chi connectivity index (χ0) is 24.1. The Kier molecular flexibility index (Phi) is 6.50. The first kappa shape index (κ1) is 22.5. The summed E-state index contributed by atoms with van der Waals surface area (Å²) in [5.41, 5.74) is 12.4. The molecule has 3 heterocycles. The molecule has 0 amide bonds. The molecule has 0 saturated carbocycles. The van der Waals surface area contributed by atoms with E-state index in [1.165, 1.54) is 6.20 Å². The number of nitrogens with two attached hydrogens (primary N) is 1. The number of aromatic nitrogens is 5. The lowest BCUT2D eigenvalue weighted by Crippen LogP contribution is -2.09. The Bertz CT molecular complexity index is 1450. The van der Waals surface area contributed by atoms with Crippen LogP contribution in [0, 0.1) is 11.3 Å². The number of hydrogen-bond donors (Lipinski definition) is 2. The number of allylic oxidation sites excluding steroid dienone is 1. The van der Waals surface area contributed by atoms with Crippen molar-refractivity contribution < 1.29 is 0 Å². The summed E-state index contributed by atoms with van der Waals surface area (Å²) in [5, 5.41) is 22.1. The summed E-state index contributed by atoms with van der Waals surface area (Å²) in [5.74, 6) is 0. The van der Waals surface area contributed by atoms with Crippen molar-refractivity contribution in [3.63, 3.8) is 0 Å². The van der Waals surface area contributed by atoms with Crippen molar-refractivity contribution in [3.05, 3.63) is 84.6 Å². The second-order valence-corrected chi connectivity index (χ2v) is 7.55. The highest BCUT2D eigenvalue weighted by Crippen LogP contribution is 2.33. The summed E-state index contributed by atoms with van der Waals surface area (Å²) in [6, 6.07) is 9.70. The number of benzene rings is 1. The molecule has 0 spiro atoms. The Morgan fingerprint density at radius 3 is 2.97 bits per heavy atom. The van der Waals surface area contributed by atoms with Gasteiger partial charge in [0.15, 0.2) is 5.65 Å². The number of aryl methyl sites for hydroxylation is 1. The SMILES string of the molecule is C=C(Nc1cn(CC(C=CN)=NC)nc1-c1cc(C#N)ccc1CC)c1cnn2cccnc12. The normalized spacial score (nSPS) is 11.7. The zero-order valence-electron chi connectivity index (χ0n) is 19.1. The molecule has 0 bridgehead atoms. The number of fused-ring (bicyclic) bond motifs is 1. The minimum atomic E-state index is 0.434. The number of rotatable bonds is 8. The van der Waals surface area contributed by atoms with E-state index in [4.69, 9.17) is 10.8 Å². The van der Waals surface area contributed by atoms with Gasteiger partial charge in [-0.1, -0.05) is 19.6 Å². The Morgan fingerprint density at radius 1 is 1.38 bits per heavy atom. The molecule has 4 rings (SSSR count). The maximum atomic E-state index is 9.47. The summed E-state index contributed by atoms with van der Waals surface area (Å²) < 4.78 is 3.49. The third kappa shape index (κ3) is 4.42. The van der Waals surface area contributed by atoms with E-state index in [1.54, 1.807) is 34.7 Å². The van der Waals surface area contributed by atoms with Crippen LogP contribution in [0.1, 0.15) is 23.6 Å². The average Bonchev–Trinajstić information content (AvgIpc) is 3.47. The molecule has 9 nitrogen and oxygen atoms in total. The first-order chi connectivity index (χ1) is 16.6. The third-order valence-electron chi connectivity index (χ3n) is 5.43. The number of nitriles is 1. The largest absolute Gasteiger partial charge is 0.405 e. The highest BCUT2D eigenvalue weighted by atomic mass is 15.3. The van der Waals surface area contributed by atoms with Crippen LogP contribution in [0.25, 0.3) is 22.6 Å². The van der Waals surface area contributed by atoms with Gasteiger partial charge < -0.3 is 11.1 Å². The van der Waals surface area contributed by atoms with E-state index in [9.17, 15) is 5.26 Å². The summed E-state index contributed by atoms with van der Waals surface area (Å²) in [6.07, 6.45) is 11.2. The number of nitrogens with zero attached hydrogens (tertiary/aromatic N) is 7. The van der Waals surface area contributed by atoms with Crippen LogP contribution in [0.3, 0.4) is 0 Å². The van der Waals surface area contributed by atoms with E-state index >= 15 is 0 Å². The summed E-state index contributed by atoms with van der Waals surface area (Å²) in [6.45, 7) is 6.73. The van der Waals surface area contributed by atoms with E-state index in [0.717, 1.165) is 34.5 Å². The smallest absolute Gasteiger partial charge is 0.164 e.